The van der Waals surface area contributed by atoms with Crippen LogP contribution in [0.3, 0.4) is 0 Å². The van der Waals surface area contributed by atoms with E-state index in [2.05, 4.69) is 56.7 Å². The van der Waals surface area contributed by atoms with E-state index in [1.807, 2.05) is 36.2 Å². The van der Waals surface area contributed by atoms with E-state index in [1.165, 1.54) is 0 Å². The molecule has 0 N–H and O–H groups in total. The molecule has 7 heteroatoms. The highest BCUT2D eigenvalue weighted by molar-refractivity contribution is 5.89. The minimum Gasteiger partial charge on any atom is -0.356 e. The van der Waals surface area contributed by atoms with Crippen molar-refractivity contribution >= 4 is 28.4 Å². The SMILES string of the molecule is CCN(CC)c1ccc(N2CCN(C(=O)Cc3cn(C)c4ccccc34)CC2)nn1. The van der Waals surface area contributed by atoms with Crippen LogP contribution < -0.4 is 9.80 Å². The number of amides is 1. The van der Waals surface area contributed by atoms with Crippen molar-refractivity contribution in [1.29, 1.82) is 0 Å². The summed E-state index contributed by atoms with van der Waals surface area (Å²) in [5, 5.41) is 9.97. The smallest absolute Gasteiger partial charge is 0.227 e. The second-order valence-electron chi connectivity index (χ2n) is 7.75. The average molecular weight is 407 g/mol. The number of aryl methyl sites for hydroxylation is 1. The van der Waals surface area contributed by atoms with Crippen LogP contribution in [0.1, 0.15) is 19.4 Å². The van der Waals surface area contributed by atoms with Gasteiger partial charge in [-0.3, -0.25) is 4.79 Å². The van der Waals surface area contributed by atoms with E-state index in [4.69, 9.17) is 0 Å². The van der Waals surface area contributed by atoms with Crippen molar-refractivity contribution in [2.75, 3.05) is 49.1 Å². The summed E-state index contributed by atoms with van der Waals surface area (Å²) in [5.74, 6) is 1.98. The molecule has 0 atom stereocenters. The van der Waals surface area contributed by atoms with Crippen LogP contribution >= 0.6 is 0 Å². The zero-order valence-corrected chi connectivity index (χ0v) is 18.1. The third-order valence-electron chi connectivity index (χ3n) is 6.00. The first-order valence-corrected chi connectivity index (χ1v) is 10.7. The summed E-state index contributed by atoms with van der Waals surface area (Å²) in [6.45, 7) is 9.05. The number of anilines is 2. The lowest BCUT2D eigenvalue weighted by molar-refractivity contribution is -0.130. The highest BCUT2D eigenvalue weighted by Crippen LogP contribution is 2.22. The van der Waals surface area contributed by atoms with E-state index in [1.54, 1.807) is 0 Å². The second kappa shape index (κ2) is 8.73. The molecule has 0 bridgehead atoms. The Morgan fingerprint density at radius 1 is 1.00 bits per heavy atom. The molecule has 4 rings (SSSR count). The lowest BCUT2D eigenvalue weighted by atomic mass is 10.1. The molecule has 0 unspecified atom stereocenters. The molecule has 0 radical (unpaired) electrons. The zero-order valence-electron chi connectivity index (χ0n) is 18.1. The lowest BCUT2D eigenvalue weighted by Gasteiger charge is -2.35. The van der Waals surface area contributed by atoms with Gasteiger partial charge in [0.15, 0.2) is 11.6 Å². The maximum absolute atomic E-state index is 12.9. The van der Waals surface area contributed by atoms with Crippen LogP contribution in [0.4, 0.5) is 11.6 Å². The molecule has 0 saturated carbocycles. The molecule has 1 aliphatic rings. The number of para-hydroxylation sites is 1. The van der Waals surface area contributed by atoms with Gasteiger partial charge in [-0.05, 0) is 37.6 Å². The molecular formula is C23H30N6O. The number of hydrogen-bond acceptors (Lipinski definition) is 5. The monoisotopic (exact) mass is 406 g/mol. The molecule has 1 amide bonds. The number of piperazine rings is 1. The Morgan fingerprint density at radius 3 is 2.40 bits per heavy atom. The fourth-order valence-corrected chi connectivity index (χ4v) is 4.23. The molecule has 7 nitrogen and oxygen atoms in total. The zero-order chi connectivity index (χ0) is 21.1. The second-order valence-corrected chi connectivity index (χ2v) is 7.75. The number of fused-ring (bicyclic) bond motifs is 1. The van der Waals surface area contributed by atoms with Gasteiger partial charge < -0.3 is 19.3 Å². The van der Waals surface area contributed by atoms with Gasteiger partial charge >= 0.3 is 0 Å². The Hall–Kier alpha value is -3.09. The van der Waals surface area contributed by atoms with Crippen molar-refractivity contribution in [2.45, 2.75) is 20.3 Å². The first kappa shape index (κ1) is 20.2. The summed E-state index contributed by atoms with van der Waals surface area (Å²) in [4.78, 5) is 19.3. The van der Waals surface area contributed by atoms with Gasteiger partial charge in [0.1, 0.15) is 0 Å². The van der Waals surface area contributed by atoms with Gasteiger partial charge in [0, 0.05) is 63.4 Å². The van der Waals surface area contributed by atoms with Crippen molar-refractivity contribution < 1.29 is 4.79 Å². The van der Waals surface area contributed by atoms with Crippen molar-refractivity contribution in [1.82, 2.24) is 19.7 Å². The van der Waals surface area contributed by atoms with Gasteiger partial charge in [-0.15, -0.1) is 10.2 Å². The Bertz CT molecular complexity index is 1000. The molecule has 0 spiro atoms. The van der Waals surface area contributed by atoms with Crippen LogP contribution in [-0.4, -0.2) is 64.8 Å². The summed E-state index contributed by atoms with van der Waals surface area (Å²) >= 11 is 0. The fraction of sp³-hybridized carbons (Fsp3) is 0.435. The Labute approximate surface area is 177 Å². The van der Waals surface area contributed by atoms with Crippen molar-refractivity contribution in [3.8, 4) is 0 Å². The maximum atomic E-state index is 12.9. The summed E-state index contributed by atoms with van der Waals surface area (Å²) in [6.07, 6.45) is 2.52. The van der Waals surface area contributed by atoms with Gasteiger partial charge in [0.2, 0.25) is 5.91 Å². The van der Waals surface area contributed by atoms with E-state index in [-0.39, 0.29) is 5.91 Å². The highest BCUT2D eigenvalue weighted by atomic mass is 16.2. The van der Waals surface area contributed by atoms with Crippen molar-refractivity contribution in [2.24, 2.45) is 7.05 Å². The van der Waals surface area contributed by atoms with Gasteiger partial charge in [0.05, 0.1) is 6.42 Å². The minimum atomic E-state index is 0.189. The lowest BCUT2D eigenvalue weighted by Crippen LogP contribution is -2.49. The normalized spacial score (nSPS) is 14.4. The summed E-state index contributed by atoms with van der Waals surface area (Å²) < 4.78 is 2.09. The van der Waals surface area contributed by atoms with Crippen LogP contribution in [-0.2, 0) is 18.3 Å². The van der Waals surface area contributed by atoms with Gasteiger partial charge in [-0.2, -0.15) is 0 Å². The predicted molar refractivity (Wildman–Crippen MR) is 121 cm³/mol. The molecule has 1 fully saturated rings. The molecule has 1 aromatic carbocycles. The topological polar surface area (TPSA) is 57.5 Å². The average Bonchev–Trinajstić information content (AvgIpc) is 3.11. The molecule has 1 aliphatic heterocycles. The molecule has 158 valence electrons. The van der Waals surface area contributed by atoms with Crippen LogP contribution in [0.15, 0.2) is 42.6 Å². The van der Waals surface area contributed by atoms with E-state index in [9.17, 15) is 4.79 Å². The Kier molecular flexibility index (Phi) is 5.88. The minimum absolute atomic E-state index is 0.189. The van der Waals surface area contributed by atoms with Crippen molar-refractivity contribution in [3.63, 3.8) is 0 Å². The van der Waals surface area contributed by atoms with Crippen LogP contribution in [0.5, 0.6) is 0 Å². The third kappa shape index (κ3) is 3.97. The molecule has 30 heavy (non-hydrogen) atoms. The van der Waals surface area contributed by atoms with Gasteiger partial charge in [0.25, 0.3) is 0 Å². The number of aromatic nitrogens is 3. The quantitative estimate of drug-likeness (QED) is 0.630. The van der Waals surface area contributed by atoms with Crippen LogP contribution in [0.25, 0.3) is 10.9 Å². The number of benzene rings is 1. The van der Waals surface area contributed by atoms with E-state index in [0.717, 1.165) is 54.3 Å². The van der Waals surface area contributed by atoms with Gasteiger partial charge in [-0.1, -0.05) is 18.2 Å². The largest absolute Gasteiger partial charge is 0.356 e. The predicted octanol–water partition coefficient (Wildman–Crippen LogP) is 2.71. The molecule has 3 aromatic rings. The Balaban J connectivity index is 1.36. The van der Waals surface area contributed by atoms with E-state index < -0.39 is 0 Å². The van der Waals surface area contributed by atoms with E-state index in [0.29, 0.717) is 19.5 Å². The highest BCUT2D eigenvalue weighted by Gasteiger charge is 2.23. The van der Waals surface area contributed by atoms with Gasteiger partial charge in [-0.25, -0.2) is 0 Å². The first-order chi connectivity index (χ1) is 14.6. The molecule has 1 saturated heterocycles. The maximum Gasteiger partial charge on any atom is 0.227 e. The standard InChI is InChI=1S/C23H30N6O/c1-4-27(5-2)21-10-11-22(25-24-21)28-12-14-29(15-13-28)23(30)16-18-17-26(3)20-9-7-6-8-19(18)20/h6-11,17H,4-5,12-16H2,1-3H3. The number of nitrogens with zero attached hydrogens (tertiary/aromatic N) is 6. The molecule has 2 aromatic heterocycles. The number of carbonyl (C=O) groups is 1. The van der Waals surface area contributed by atoms with Crippen LogP contribution in [0, 0.1) is 0 Å². The third-order valence-corrected chi connectivity index (χ3v) is 6.00. The fourth-order valence-electron chi connectivity index (χ4n) is 4.23. The number of rotatable bonds is 6. The number of carbonyl (C=O) groups excluding carboxylic acids is 1. The summed E-state index contributed by atoms with van der Waals surface area (Å²) in [6, 6.07) is 12.3. The molecule has 0 aliphatic carbocycles. The Morgan fingerprint density at radius 2 is 1.73 bits per heavy atom. The number of hydrogen-bond donors (Lipinski definition) is 0. The summed E-state index contributed by atoms with van der Waals surface area (Å²) in [5.41, 5.74) is 2.26. The first-order valence-electron chi connectivity index (χ1n) is 10.7. The molecular weight excluding hydrogens is 376 g/mol. The van der Waals surface area contributed by atoms with Crippen LogP contribution in [0.2, 0.25) is 0 Å². The van der Waals surface area contributed by atoms with E-state index >= 15 is 0 Å². The molecule has 3 heterocycles. The van der Waals surface area contributed by atoms with Crippen molar-refractivity contribution in [3.05, 3.63) is 48.2 Å². The summed E-state index contributed by atoms with van der Waals surface area (Å²) in [7, 11) is 2.03.